The summed E-state index contributed by atoms with van der Waals surface area (Å²) in [4.78, 5) is 27.3. The fraction of sp³-hybridized carbons (Fsp3) is 0.391. The number of fused-ring (bicyclic) bond motifs is 1. The lowest BCUT2D eigenvalue weighted by Gasteiger charge is -2.29. The maximum atomic E-state index is 13.0. The third kappa shape index (κ3) is 4.05. The van der Waals surface area contributed by atoms with Crippen LogP contribution < -0.4 is 5.32 Å². The third-order valence-electron chi connectivity index (χ3n) is 5.77. The molecule has 140 valence electrons. The number of carbonyl (C=O) groups excluding carboxylic acids is 2. The van der Waals surface area contributed by atoms with Gasteiger partial charge < -0.3 is 10.2 Å². The van der Waals surface area contributed by atoms with Crippen LogP contribution in [0.1, 0.15) is 53.6 Å². The van der Waals surface area contributed by atoms with Crippen LogP contribution in [0.25, 0.3) is 0 Å². The van der Waals surface area contributed by atoms with Crippen molar-refractivity contribution in [1.29, 1.82) is 0 Å². The van der Waals surface area contributed by atoms with Crippen LogP contribution >= 0.6 is 0 Å². The second kappa shape index (κ2) is 7.95. The van der Waals surface area contributed by atoms with Gasteiger partial charge in [-0.3, -0.25) is 9.59 Å². The quantitative estimate of drug-likeness (QED) is 0.879. The van der Waals surface area contributed by atoms with Crippen LogP contribution in [0.2, 0.25) is 0 Å². The Morgan fingerprint density at radius 2 is 1.70 bits per heavy atom. The first kappa shape index (κ1) is 17.8. The van der Waals surface area contributed by atoms with Crippen molar-refractivity contribution in [3.63, 3.8) is 0 Å². The zero-order chi connectivity index (χ0) is 18.6. The van der Waals surface area contributed by atoms with Crippen LogP contribution in [-0.2, 0) is 17.8 Å². The van der Waals surface area contributed by atoms with E-state index in [-0.39, 0.29) is 17.7 Å². The van der Waals surface area contributed by atoms with Crippen molar-refractivity contribution in [3.8, 4) is 0 Å². The number of rotatable bonds is 3. The van der Waals surface area contributed by atoms with Gasteiger partial charge in [-0.2, -0.15) is 0 Å². The van der Waals surface area contributed by atoms with Gasteiger partial charge >= 0.3 is 0 Å². The number of nitrogens with one attached hydrogen (secondary N) is 1. The van der Waals surface area contributed by atoms with Crippen molar-refractivity contribution in [2.75, 3.05) is 11.9 Å². The molecule has 1 N–H and O–H groups in total. The molecular weight excluding hydrogens is 336 g/mol. The second-order valence-electron chi connectivity index (χ2n) is 7.65. The summed E-state index contributed by atoms with van der Waals surface area (Å²) in [7, 11) is 0. The lowest BCUT2D eigenvalue weighted by atomic mass is 9.88. The average molecular weight is 362 g/mol. The summed E-state index contributed by atoms with van der Waals surface area (Å²) in [5, 5.41) is 3.02. The van der Waals surface area contributed by atoms with E-state index in [9.17, 15) is 9.59 Å². The van der Waals surface area contributed by atoms with E-state index in [1.54, 1.807) is 0 Å². The molecule has 0 radical (unpaired) electrons. The molecule has 4 nitrogen and oxygen atoms in total. The van der Waals surface area contributed by atoms with Gasteiger partial charge in [0.05, 0.1) is 0 Å². The molecule has 2 aromatic rings. The fourth-order valence-electron chi connectivity index (χ4n) is 4.19. The standard InChI is InChI=1S/C23H26N2O2/c26-22(18-8-2-1-3-9-18)24-21-12-6-11-19(15-21)23(27)25-14-13-17-7-4-5-10-20(17)16-25/h4-7,10-12,15,18H,1-3,8-9,13-14,16H2,(H,24,26). The van der Waals surface area contributed by atoms with E-state index in [4.69, 9.17) is 0 Å². The molecule has 1 heterocycles. The maximum Gasteiger partial charge on any atom is 0.254 e. The van der Waals surface area contributed by atoms with Crippen LogP contribution in [0.15, 0.2) is 48.5 Å². The first-order chi connectivity index (χ1) is 13.2. The predicted molar refractivity (Wildman–Crippen MR) is 107 cm³/mol. The van der Waals surface area contributed by atoms with E-state index in [1.165, 1.54) is 17.5 Å². The van der Waals surface area contributed by atoms with Crippen LogP contribution in [0.5, 0.6) is 0 Å². The van der Waals surface area contributed by atoms with Crippen molar-refractivity contribution in [3.05, 3.63) is 65.2 Å². The SMILES string of the molecule is O=C(Nc1cccc(C(=O)N2CCc3ccccc3C2)c1)C1CCCCC1. The number of hydrogen-bond donors (Lipinski definition) is 1. The minimum absolute atomic E-state index is 0.0262. The average Bonchev–Trinajstić information content (AvgIpc) is 2.73. The monoisotopic (exact) mass is 362 g/mol. The van der Waals surface area contributed by atoms with Gasteiger partial charge in [-0.15, -0.1) is 0 Å². The van der Waals surface area contributed by atoms with Crippen molar-refractivity contribution in [2.24, 2.45) is 5.92 Å². The molecule has 0 bridgehead atoms. The molecule has 1 fully saturated rings. The lowest BCUT2D eigenvalue weighted by Crippen LogP contribution is -2.36. The van der Waals surface area contributed by atoms with Crippen molar-refractivity contribution >= 4 is 17.5 Å². The first-order valence-electron chi connectivity index (χ1n) is 9.98. The topological polar surface area (TPSA) is 49.4 Å². The van der Waals surface area contributed by atoms with E-state index >= 15 is 0 Å². The number of anilines is 1. The van der Waals surface area contributed by atoms with Crippen LogP contribution in [-0.4, -0.2) is 23.3 Å². The van der Waals surface area contributed by atoms with E-state index in [1.807, 2.05) is 35.2 Å². The summed E-state index contributed by atoms with van der Waals surface area (Å²) < 4.78 is 0. The zero-order valence-electron chi connectivity index (χ0n) is 15.6. The second-order valence-corrected chi connectivity index (χ2v) is 7.65. The Balaban J connectivity index is 1.44. The first-order valence-corrected chi connectivity index (χ1v) is 9.98. The molecule has 4 rings (SSSR count). The molecule has 2 aliphatic rings. The van der Waals surface area contributed by atoms with E-state index in [0.29, 0.717) is 17.8 Å². The van der Waals surface area contributed by atoms with Gasteiger partial charge in [0, 0.05) is 30.3 Å². The summed E-state index contributed by atoms with van der Waals surface area (Å²) in [6.45, 7) is 1.38. The molecule has 0 aromatic heterocycles. The van der Waals surface area contributed by atoms with Crippen molar-refractivity contribution in [2.45, 2.75) is 45.1 Å². The molecule has 2 amide bonds. The van der Waals surface area contributed by atoms with Gasteiger partial charge in [0.25, 0.3) is 5.91 Å². The number of hydrogen-bond acceptors (Lipinski definition) is 2. The normalized spacial score (nSPS) is 17.3. The minimum atomic E-state index is 0.0262. The molecule has 1 aliphatic carbocycles. The Bertz CT molecular complexity index is 840. The zero-order valence-corrected chi connectivity index (χ0v) is 15.6. The number of nitrogens with zero attached hydrogens (tertiary/aromatic N) is 1. The highest BCUT2D eigenvalue weighted by molar-refractivity contribution is 5.97. The molecule has 0 spiro atoms. The van der Waals surface area contributed by atoms with E-state index in [0.717, 1.165) is 38.6 Å². The van der Waals surface area contributed by atoms with Crippen LogP contribution in [0, 0.1) is 5.92 Å². The van der Waals surface area contributed by atoms with Gasteiger partial charge in [-0.05, 0) is 48.6 Å². The molecule has 0 atom stereocenters. The van der Waals surface area contributed by atoms with Gasteiger partial charge in [-0.25, -0.2) is 0 Å². The van der Waals surface area contributed by atoms with E-state index in [2.05, 4.69) is 23.5 Å². The highest BCUT2D eigenvalue weighted by Gasteiger charge is 2.23. The Hall–Kier alpha value is -2.62. The highest BCUT2D eigenvalue weighted by Crippen LogP contribution is 2.26. The summed E-state index contributed by atoms with van der Waals surface area (Å²) in [5.74, 6) is 0.223. The summed E-state index contributed by atoms with van der Waals surface area (Å²) >= 11 is 0. The molecule has 2 aromatic carbocycles. The summed E-state index contributed by atoms with van der Waals surface area (Å²) in [6.07, 6.45) is 6.32. The van der Waals surface area contributed by atoms with Gasteiger partial charge in [0.2, 0.25) is 5.91 Å². The molecular formula is C23H26N2O2. The largest absolute Gasteiger partial charge is 0.334 e. The van der Waals surface area contributed by atoms with Crippen molar-refractivity contribution < 1.29 is 9.59 Å². The number of amides is 2. The lowest BCUT2D eigenvalue weighted by molar-refractivity contribution is -0.120. The summed E-state index contributed by atoms with van der Waals surface area (Å²) in [5.41, 5.74) is 3.90. The molecule has 1 saturated carbocycles. The fourth-order valence-corrected chi connectivity index (χ4v) is 4.19. The molecule has 27 heavy (non-hydrogen) atoms. The predicted octanol–water partition coefficient (Wildman–Crippen LogP) is 4.40. The number of carbonyl (C=O) groups is 2. The third-order valence-corrected chi connectivity index (χ3v) is 5.77. The van der Waals surface area contributed by atoms with Gasteiger partial charge in [0.1, 0.15) is 0 Å². The van der Waals surface area contributed by atoms with Gasteiger partial charge in [0.15, 0.2) is 0 Å². The van der Waals surface area contributed by atoms with Crippen LogP contribution in [0.4, 0.5) is 5.69 Å². The minimum Gasteiger partial charge on any atom is -0.334 e. The molecule has 0 unspecified atom stereocenters. The molecule has 4 heteroatoms. The summed E-state index contributed by atoms with van der Waals surface area (Å²) in [6, 6.07) is 15.7. The Kier molecular flexibility index (Phi) is 5.23. The maximum absolute atomic E-state index is 13.0. The van der Waals surface area contributed by atoms with Gasteiger partial charge in [-0.1, -0.05) is 49.6 Å². The van der Waals surface area contributed by atoms with Crippen LogP contribution in [0.3, 0.4) is 0 Å². The van der Waals surface area contributed by atoms with E-state index < -0.39 is 0 Å². The Morgan fingerprint density at radius 1 is 0.926 bits per heavy atom. The Labute approximate surface area is 160 Å². The Morgan fingerprint density at radius 3 is 2.52 bits per heavy atom. The highest BCUT2D eigenvalue weighted by atomic mass is 16.2. The molecule has 0 saturated heterocycles. The van der Waals surface area contributed by atoms with Crippen molar-refractivity contribution in [1.82, 2.24) is 4.90 Å². The number of benzene rings is 2. The molecule has 1 aliphatic heterocycles. The smallest absolute Gasteiger partial charge is 0.254 e.